The Morgan fingerprint density at radius 3 is 1.73 bits per heavy atom. The Morgan fingerprint density at radius 2 is 1.20 bits per heavy atom. The predicted molar refractivity (Wildman–Crippen MR) is 186 cm³/mol. The summed E-state index contributed by atoms with van der Waals surface area (Å²) in [5.41, 5.74) is 23.8. The molecule has 2 atom stereocenters. The van der Waals surface area contributed by atoms with E-state index in [1.807, 2.05) is 30.3 Å². The first-order valence-electron chi connectivity index (χ1n) is 15.9. The van der Waals surface area contributed by atoms with Crippen molar-refractivity contribution < 1.29 is 38.4 Å². The van der Waals surface area contributed by atoms with Gasteiger partial charge in [-0.3, -0.25) is 38.4 Å². The molecule has 0 aliphatic carbocycles. The molecule has 276 valence electrons. The summed E-state index contributed by atoms with van der Waals surface area (Å²) >= 11 is 0. The Bertz CT molecular complexity index is 1550. The fourth-order valence-electron chi connectivity index (χ4n) is 4.24. The molecule has 0 heterocycles. The normalized spacial score (nSPS) is 11.6. The molecule has 0 saturated carbocycles. The maximum Gasteiger partial charge on any atom is 0.252 e. The first-order valence-corrected chi connectivity index (χ1v) is 15.9. The molecule has 15 N–H and O–H groups in total. The number of hydrogen-bond acceptors (Lipinski definition) is 11. The highest BCUT2D eigenvalue weighted by atomic mass is 16.2. The second-order valence-corrected chi connectivity index (χ2v) is 11.2. The summed E-state index contributed by atoms with van der Waals surface area (Å²) < 4.78 is 0. The van der Waals surface area contributed by atoms with Crippen LogP contribution in [0.3, 0.4) is 0 Å². The molecule has 0 aliphatic rings. The minimum atomic E-state index is -0.914. The van der Waals surface area contributed by atoms with Gasteiger partial charge in [-0.25, -0.2) is 0 Å². The Labute approximate surface area is 293 Å². The first kappa shape index (κ1) is 41.1. The van der Waals surface area contributed by atoms with Crippen LogP contribution < -0.4 is 60.2 Å². The first-order chi connectivity index (χ1) is 24.3. The van der Waals surface area contributed by atoms with Crippen molar-refractivity contribution in [2.45, 2.75) is 37.8 Å². The van der Waals surface area contributed by atoms with E-state index >= 15 is 0 Å². The van der Waals surface area contributed by atoms with E-state index in [4.69, 9.17) is 22.9 Å². The highest BCUT2D eigenvalue weighted by Crippen LogP contribution is 2.20. The molecule has 0 fully saturated rings. The highest BCUT2D eigenvalue weighted by Gasteiger charge is 2.20. The lowest BCUT2D eigenvalue weighted by atomic mass is 10.1. The van der Waals surface area contributed by atoms with Crippen LogP contribution in [0.2, 0.25) is 0 Å². The molecule has 0 aliphatic heterocycles. The number of benzene rings is 2. The molecular weight excluding hydrogens is 666 g/mol. The van der Waals surface area contributed by atoms with Crippen molar-refractivity contribution in [3.8, 4) is 0 Å². The maximum atomic E-state index is 12.7. The third kappa shape index (κ3) is 16.2. The van der Waals surface area contributed by atoms with Crippen LogP contribution in [0.1, 0.15) is 35.2 Å². The zero-order chi connectivity index (χ0) is 37.8. The topological polar surface area (TPSA) is 325 Å². The molecule has 0 bridgehead atoms. The van der Waals surface area contributed by atoms with Gasteiger partial charge in [-0.15, -0.1) is 0 Å². The zero-order valence-electron chi connectivity index (χ0n) is 27.9. The molecule has 2 aromatic carbocycles. The van der Waals surface area contributed by atoms with Crippen molar-refractivity contribution in [2.24, 2.45) is 17.2 Å². The van der Waals surface area contributed by atoms with Crippen LogP contribution in [0.4, 0.5) is 11.4 Å². The zero-order valence-corrected chi connectivity index (χ0v) is 27.9. The van der Waals surface area contributed by atoms with Crippen molar-refractivity contribution >= 4 is 58.6 Å². The smallest absolute Gasteiger partial charge is 0.252 e. The average molecular weight is 712 g/mol. The molecule has 51 heavy (non-hydrogen) atoms. The Kier molecular flexibility index (Phi) is 17.6. The Morgan fingerprint density at radius 1 is 0.667 bits per heavy atom. The summed E-state index contributed by atoms with van der Waals surface area (Å²) in [5.74, 6) is -5.37. The predicted octanol–water partition coefficient (Wildman–Crippen LogP) is -3.93. The van der Waals surface area contributed by atoms with Crippen LogP contribution in [-0.2, 0) is 40.0 Å². The lowest BCUT2D eigenvalue weighted by molar-refractivity contribution is -0.129. The monoisotopic (exact) mass is 711 g/mol. The second-order valence-electron chi connectivity index (χ2n) is 11.2. The lowest BCUT2D eigenvalue weighted by Crippen LogP contribution is -2.48. The van der Waals surface area contributed by atoms with Gasteiger partial charge >= 0.3 is 0 Å². The summed E-state index contributed by atoms with van der Waals surface area (Å²) in [6.45, 7) is -1.99. The molecule has 2 aromatic rings. The minimum absolute atomic E-state index is 0.0775. The number of unbranched alkanes of at least 4 members (excludes halogenated alkanes) is 1. The number of anilines is 2. The number of hydrogen-bond donors (Lipinski definition) is 11. The molecule has 2 rings (SSSR count). The van der Waals surface area contributed by atoms with E-state index in [0.29, 0.717) is 25.8 Å². The van der Waals surface area contributed by atoms with Gasteiger partial charge in [0, 0.05) is 5.56 Å². The molecule has 8 amide bonds. The number of nitrogens with two attached hydrogens (primary N) is 4. The van der Waals surface area contributed by atoms with Crippen LogP contribution in [0.5, 0.6) is 0 Å². The highest BCUT2D eigenvalue weighted by molar-refractivity contribution is 6.02. The maximum absolute atomic E-state index is 12.7. The SMILES string of the molecule is NCCCC[C@H](NC(=O)c1ccc(N)c(NC(=O)CNC(=O)CNC(=O)CNC(=O)CNC(=O)CNC(=O)[C@@H](N)Cc2ccccc2)c1)C(N)=O. The Hall–Kier alpha value is -6.08. The number of amides is 8. The van der Waals surface area contributed by atoms with Crippen LogP contribution in [-0.4, -0.2) is 98.6 Å². The second kappa shape index (κ2) is 21.8. The van der Waals surface area contributed by atoms with Crippen LogP contribution in [0.25, 0.3) is 0 Å². The van der Waals surface area contributed by atoms with Gasteiger partial charge in [0.15, 0.2) is 0 Å². The van der Waals surface area contributed by atoms with Gasteiger partial charge in [0.25, 0.3) is 5.91 Å². The lowest BCUT2D eigenvalue weighted by Gasteiger charge is -2.16. The molecule has 0 spiro atoms. The molecule has 0 saturated heterocycles. The summed E-state index contributed by atoms with van der Waals surface area (Å²) in [7, 11) is 0. The van der Waals surface area contributed by atoms with Gasteiger partial charge in [-0.2, -0.15) is 0 Å². The Balaban J connectivity index is 1.65. The van der Waals surface area contributed by atoms with E-state index in [9.17, 15) is 38.4 Å². The molecule has 0 aromatic heterocycles. The number of rotatable bonds is 21. The van der Waals surface area contributed by atoms with Gasteiger partial charge in [0.1, 0.15) is 6.04 Å². The molecule has 19 nitrogen and oxygen atoms in total. The third-order valence-corrected chi connectivity index (χ3v) is 7.03. The van der Waals surface area contributed by atoms with Gasteiger partial charge in [-0.05, 0) is 56.0 Å². The van der Waals surface area contributed by atoms with Crippen LogP contribution in [0, 0.1) is 0 Å². The summed E-state index contributed by atoms with van der Waals surface area (Å²) in [4.78, 5) is 97.1. The molecule has 0 unspecified atom stereocenters. The van der Waals surface area contributed by atoms with E-state index in [1.54, 1.807) is 0 Å². The van der Waals surface area contributed by atoms with Crippen molar-refractivity contribution in [1.29, 1.82) is 0 Å². The average Bonchev–Trinajstić information content (AvgIpc) is 3.11. The van der Waals surface area contributed by atoms with Gasteiger partial charge in [0.2, 0.25) is 41.4 Å². The van der Waals surface area contributed by atoms with Gasteiger partial charge in [-0.1, -0.05) is 30.3 Å². The molecule has 19 heteroatoms. The fraction of sp³-hybridized carbons (Fsp3) is 0.375. The van der Waals surface area contributed by atoms with Crippen molar-refractivity contribution in [3.05, 3.63) is 59.7 Å². The third-order valence-electron chi connectivity index (χ3n) is 7.03. The summed E-state index contributed by atoms with van der Waals surface area (Å²) in [6, 6.07) is 11.4. The molecule has 0 radical (unpaired) electrons. The van der Waals surface area contributed by atoms with Gasteiger partial charge < -0.3 is 60.2 Å². The molecular formula is C32H45N11O8. The van der Waals surface area contributed by atoms with Crippen molar-refractivity contribution in [2.75, 3.05) is 50.3 Å². The van der Waals surface area contributed by atoms with Crippen LogP contribution in [0.15, 0.2) is 48.5 Å². The van der Waals surface area contributed by atoms with Crippen molar-refractivity contribution in [1.82, 2.24) is 31.9 Å². The van der Waals surface area contributed by atoms with Crippen LogP contribution >= 0.6 is 0 Å². The van der Waals surface area contributed by atoms with Gasteiger partial charge in [0.05, 0.1) is 50.1 Å². The number of nitrogens with one attached hydrogen (secondary N) is 7. The summed E-state index contributed by atoms with van der Waals surface area (Å²) in [5, 5.41) is 16.5. The van der Waals surface area contributed by atoms with E-state index < -0.39 is 92.1 Å². The van der Waals surface area contributed by atoms with E-state index in [1.165, 1.54) is 18.2 Å². The minimum Gasteiger partial charge on any atom is -0.397 e. The fourth-order valence-corrected chi connectivity index (χ4v) is 4.24. The number of carbonyl (C=O) groups excluding carboxylic acids is 8. The van der Waals surface area contributed by atoms with E-state index in [2.05, 4.69) is 37.2 Å². The largest absolute Gasteiger partial charge is 0.397 e. The summed E-state index contributed by atoms with van der Waals surface area (Å²) in [6.07, 6.45) is 1.82. The number of primary amides is 1. The standard InChI is InChI=1S/C32H45N11O8/c33-11-5-4-8-23(30(36)49)43-31(50)20-9-10-21(34)24(13-20)42-29(48)18-40-27(46)16-38-25(44)14-37-26(45)15-39-28(47)17-41-32(51)22(35)12-19-6-2-1-3-7-19/h1-3,6-7,9-10,13,22-23H,4-5,8,11-12,14-18,33-35H2,(H2,36,49)(H,37,45)(H,38,44)(H,39,47)(H,40,46)(H,41,51)(H,42,48)(H,43,50)/t22-,23-/m0/s1. The van der Waals surface area contributed by atoms with E-state index in [-0.39, 0.29) is 23.4 Å². The van der Waals surface area contributed by atoms with Crippen molar-refractivity contribution in [3.63, 3.8) is 0 Å². The van der Waals surface area contributed by atoms with E-state index in [0.717, 1.165) is 5.56 Å². The number of carbonyl (C=O) groups is 8. The number of nitrogen functional groups attached to an aromatic ring is 1. The quantitative estimate of drug-likeness (QED) is 0.0439.